The first kappa shape index (κ1) is 11.7. The Kier molecular flexibility index (Phi) is 4.82. The van der Waals surface area contributed by atoms with Gasteiger partial charge in [-0.1, -0.05) is 0 Å². The lowest BCUT2D eigenvalue weighted by molar-refractivity contribution is 0.520. The summed E-state index contributed by atoms with van der Waals surface area (Å²) in [4.78, 5) is 4.11. The zero-order valence-electron chi connectivity index (χ0n) is 9.25. The van der Waals surface area contributed by atoms with Gasteiger partial charge in [0.2, 0.25) is 0 Å². The fraction of sp³-hybridized carbons (Fsp3) is 0.417. The summed E-state index contributed by atoms with van der Waals surface area (Å²) in [6.07, 6.45) is 5.40. The van der Waals surface area contributed by atoms with E-state index >= 15 is 0 Å². The van der Waals surface area contributed by atoms with Crippen molar-refractivity contribution < 1.29 is 0 Å². The monoisotopic (exact) mass is 203 g/mol. The Morgan fingerprint density at radius 3 is 3.00 bits per heavy atom. The number of pyridine rings is 1. The summed E-state index contributed by atoms with van der Waals surface area (Å²) < 4.78 is 0. The molecule has 1 heterocycles. The van der Waals surface area contributed by atoms with Gasteiger partial charge in [0, 0.05) is 24.9 Å². The van der Waals surface area contributed by atoms with Crippen LogP contribution in [0.2, 0.25) is 0 Å². The number of nitrogens with zero attached hydrogens (tertiary/aromatic N) is 1. The van der Waals surface area contributed by atoms with E-state index < -0.39 is 0 Å². The number of aryl methyl sites for hydroxylation is 1. The lowest BCUT2D eigenvalue weighted by atomic mass is 10.0. The van der Waals surface area contributed by atoms with Crippen molar-refractivity contribution in [3.8, 4) is 11.8 Å². The van der Waals surface area contributed by atoms with E-state index in [0.717, 1.165) is 18.4 Å². The molecule has 0 spiro atoms. The standard InChI is InChI=1S/C12H17N3/c1-3-4-5-6-12(15-13)11-9-14-8-7-10(11)2/h7-9,12,15H,5-6,13H2,1-2H3. The van der Waals surface area contributed by atoms with E-state index in [1.54, 1.807) is 6.20 Å². The molecule has 0 amide bonds. The smallest absolute Gasteiger partial charge is 0.0486 e. The van der Waals surface area contributed by atoms with Crippen LogP contribution in [0.5, 0.6) is 0 Å². The molecular formula is C12H17N3. The number of hydrazine groups is 1. The van der Waals surface area contributed by atoms with E-state index in [2.05, 4.69) is 29.2 Å². The minimum atomic E-state index is 0.138. The molecule has 0 aliphatic carbocycles. The zero-order chi connectivity index (χ0) is 11.1. The van der Waals surface area contributed by atoms with Crippen molar-refractivity contribution in [1.82, 2.24) is 10.4 Å². The maximum absolute atomic E-state index is 5.53. The van der Waals surface area contributed by atoms with E-state index in [0.29, 0.717) is 0 Å². The van der Waals surface area contributed by atoms with Crippen molar-refractivity contribution in [1.29, 1.82) is 0 Å². The van der Waals surface area contributed by atoms with E-state index in [9.17, 15) is 0 Å². The second kappa shape index (κ2) is 6.18. The SMILES string of the molecule is CC#CCCC(NN)c1cnccc1C. The van der Waals surface area contributed by atoms with Crippen molar-refractivity contribution in [3.63, 3.8) is 0 Å². The Hall–Kier alpha value is -1.37. The molecule has 0 aromatic carbocycles. The molecule has 1 unspecified atom stereocenters. The second-order valence-corrected chi connectivity index (χ2v) is 3.42. The molecule has 0 bridgehead atoms. The number of aromatic nitrogens is 1. The zero-order valence-corrected chi connectivity index (χ0v) is 9.25. The predicted molar refractivity (Wildman–Crippen MR) is 61.7 cm³/mol. The number of rotatable bonds is 4. The summed E-state index contributed by atoms with van der Waals surface area (Å²) in [5.74, 6) is 11.4. The first-order chi connectivity index (χ1) is 7.29. The van der Waals surface area contributed by atoms with Gasteiger partial charge in [-0.3, -0.25) is 16.3 Å². The molecule has 0 saturated heterocycles. The third-order valence-corrected chi connectivity index (χ3v) is 2.39. The molecule has 1 atom stereocenters. The number of hydrogen-bond donors (Lipinski definition) is 2. The third-order valence-electron chi connectivity index (χ3n) is 2.39. The first-order valence-electron chi connectivity index (χ1n) is 5.05. The average Bonchev–Trinajstić information content (AvgIpc) is 2.26. The minimum absolute atomic E-state index is 0.138. The summed E-state index contributed by atoms with van der Waals surface area (Å²) in [6.45, 7) is 3.91. The summed E-state index contributed by atoms with van der Waals surface area (Å²) in [5.41, 5.74) is 5.17. The molecule has 3 N–H and O–H groups in total. The minimum Gasteiger partial charge on any atom is -0.271 e. The van der Waals surface area contributed by atoms with Crippen LogP contribution in [0, 0.1) is 18.8 Å². The Morgan fingerprint density at radius 1 is 1.60 bits per heavy atom. The van der Waals surface area contributed by atoms with Gasteiger partial charge in [-0.2, -0.15) is 0 Å². The van der Waals surface area contributed by atoms with Gasteiger partial charge in [0.05, 0.1) is 0 Å². The highest BCUT2D eigenvalue weighted by Crippen LogP contribution is 2.19. The van der Waals surface area contributed by atoms with Crippen LogP contribution in [0.1, 0.15) is 36.9 Å². The topological polar surface area (TPSA) is 50.9 Å². The lowest BCUT2D eigenvalue weighted by Crippen LogP contribution is -2.28. The van der Waals surface area contributed by atoms with Crippen molar-refractivity contribution in [2.75, 3.05) is 0 Å². The number of nitrogens with one attached hydrogen (secondary N) is 1. The van der Waals surface area contributed by atoms with Crippen LogP contribution in [0.3, 0.4) is 0 Å². The quantitative estimate of drug-likeness (QED) is 0.445. The molecule has 15 heavy (non-hydrogen) atoms. The Labute approximate surface area is 91.1 Å². The summed E-state index contributed by atoms with van der Waals surface area (Å²) >= 11 is 0. The largest absolute Gasteiger partial charge is 0.271 e. The van der Waals surface area contributed by atoms with Gasteiger partial charge in [-0.25, -0.2) is 0 Å². The van der Waals surface area contributed by atoms with Crippen LogP contribution in [-0.4, -0.2) is 4.98 Å². The average molecular weight is 203 g/mol. The number of nitrogens with two attached hydrogens (primary N) is 1. The molecule has 1 aromatic rings. The predicted octanol–water partition coefficient (Wildman–Crippen LogP) is 1.70. The van der Waals surface area contributed by atoms with E-state index in [1.807, 2.05) is 19.2 Å². The van der Waals surface area contributed by atoms with Gasteiger partial charge < -0.3 is 0 Å². The highest BCUT2D eigenvalue weighted by atomic mass is 15.2. The van der Waals surface area contributed by atoms with Crippen LogP contribution < -0.4 is 11.3 Å². The van der Waals surface area contributed by atoms with E-state index in [1.165, 1.54) is 5.56 Å². The Balaban J connectivity index is 2.72. The fourth-order valence-electron chi connectivity index (χ4n) is 1.51. The molecule has 0 fully saturated rings. The van der Waals surface area contributed by atoms with Gasteiger partial charge in [-0.15, -0.1) is 11.8 Å². The van der Waals surface area contributed by atoms with Gasteiger partial charge in [0.25, 0.3) is 0 Å². The Morgan fingerprint density at radius 2 is 2.40 bits per heavy atom. The highest BCUT2D eigenvalue weighted by Gasteiger charge is 2.10. The van der Waals surface area contributed by atoms with Gasteiger partial charge in [0.1, 0.15) is 0 Å². The van der Waals surface area contributed by atoms with Crippen molar-refractivity contribution >= 4 is 0 Å². The van der Waals surface area contributed by atoms with Gasteiger partial charge >= 0.3 is 0 Å². The fourth-order valence-corrected chi connectivity index (χ4v) is 1.51. The maximum Gasteiger partial charge on any atom is 0.0486 e. The van der Waals surface area contributed by atoms with Crippen molar-refractivity contribution in [2.24, 2.45) is 5.84 Å². The summed E-state index contributed by atoms with van der Waals surface area (Å²) in [7, 11) is 0. The Bertz CT molecular complexity index is 363. The summed E-state index contributed by atoms with van der Waals surface area (Å²) in [6, 6.07) is 2.13. The van der Waals surface area contributed by atoms with Crippen LogP contribution in [0.15, 0.2) is 18.5 Å². The van der Waals surface area contributed by atoms with Gasteiger partial charge in [-0.05, 0) is 37.5 Å². The summed E-state index contributed by atoms with van der Waals surface area (Å²) in [5, 5.41) is 0. The van der Waals surface area contributed by atoms with Crippen molar-refractivity contribution in [3.05, 3.63) is 29.6 Å². The molecular weight excluding hydrogens is 186 g/mol. The van der Waals surface area contributed by atoms with Gasteiger partial charge in [0.15, 0.2) is 0 Å². The molecule has 0 saturated carbocycles. The molecule has 1 rings (SSSR count). The van der Waals surface area contributed by atoms with Crippen LogP contribution in [-0.2, 0) is 0 Å². The maximum atomic E-state index is 5.53. The van der Waals surface area contributed by atoms with Crippen LogP contribution >= 0.6 is 0 Å². The van der Waals surface area contributed by atoms with Crippen LogP contribution in [0.25, 0.3) is 0 Å². The third kappa shape index (κ3) is 3.35. The molecule has 1 aromatic heterocycles. The molecule has 3 nitrogen and oxygen atoms in total. The number of hydrogen-bond acceptors (Lipinski definition) is 3. The molecule has 0 aliphatic rings. The van der Waals surface area contributed by atoms with Crippen LogP contribution in [0.4, 0.5) is 0 Å². The molecule has 3 heteroatoms. The normalized spacial score (nSPS) is 11.7. The highest BCUT2D eigenvalue weighted by molar-refractivity contribution is 5.25. The molecule has 80 valence electrons. The second-order valence-electron chi connectivity index (χ2n) is 3.42. The molecule has 0 radical (unpaired) electrons. The van der Waals surface area contributed by atoms with E-state index in [-0.39, 0.29) is 6.04 Å². The molecule has 0 aliphatic heterocycles. The first-order valence-corrected chi connectivity index (χ1v) is 5.05. The lowest BCUT2D eigenvalue weighted by Gasteiger charge is -2.16. The van der Waals surface area contributed by atoms with E-state index in [4.69, 9.17) is 5.84 Å². The van der Waals surface area contributed by atoms with Crippen molar-refractivity contribution in [2.45, 2.75) is 32.7 Å².